The van der Waals surface area contributed by atoms with Crippen LogP contribution in [0.25, 0.3) is 0 Å². The van der Waals surface area contributed by atoms with Crippen molar-refractivity contribution in [1.29, 1.82) is 0 Å². The van der Waals surface area contributed by atoms with Gasteiger partial charge in [-0.25, -0.2) is 0 Å². The van der Waals surface area contributed by atoms with E-state index >= 15 is 0 Å². The fourth-order valence-corrected chi connectivity index (χ4v) is 2.68. The Morgan fingerprint density at radius 1 is 1.14 bits per heavy atom. The number of benzene rings is 2. The van der Waals surface area contributed by atoms with E-state index in [1.54, 1.807) is 12.1 Å². The predicted octanol–water partition coefficient (Wildman–Crippen LogP) is 2.65. The number of halogens is 1. The van der Waals surface area contributed by atoms with Gasteiger partial charge in [0, 0.05) is 10.4 Å². The second-order valence-corrected chi connectivity index (χ2v) is 5.90. The zero-order valence-electron chi connectivity index (χ0n) is 11.9. The minimum atomic E-state index is -0.779. The Balaban J connectivity index is 2.43. The maximum atomic E-state index is 11.6. The minimum Gasteiger partial charge on any atom is -0.368 e. The number of hydrogen-bond donors (Lipinski definition) is 2. The van der Waals surface area contributed by atoms with Crippen molar-refractivity contribution in [3.8, 4) is 0 Å². The summed E-state index contributed by atoms with van der Waals surface area (Å²) < 4.78 is 0. The van der Waals surface area contributed by atoms with E-state index in [0.717, 1.165) is 11.1 Å². The van der Waals surface area contributed by atoms with E-state index in [9.17, 15) is 4.79 Å². The van der Waals surface area contributed by atoms with Crippen LogP contribution in [0.5, 0.6) is 0 Å². The van der Waals surface area contributed by atoms with Crippen molar-refractivity contribution in [3.63, 3.8) is 0 Å². The highest BCUT2D eigenvalue weighted by Crippen LogP contribution is 2.32. The van der Waals surface area contributed by atoms with Crippen LogP contribution in [0.2, 0.25) is 5.02 Å². The van der Waals surface area contributed by atoms with E-state index in [2.05, 4.69) is 0 Å². The fraction of sp³-hybridized carbons (Fsp3) is 0.235. The number of primary amides is 1. The molecule has 0 heterocycles. The molecule has 0 saturated heterocycles. The van der Waals surface area contributed by atoms with Gasteiger partial charge in [-0.05, 0) is 29.7 Å². The molecule has 0 aliphatic heterocycles. The number of amides is 1. The summed E-state index contributed by atoms with van der Waals surface area (Å²) >= 11 is 5.94. The first-order valence-electron chi connectivity index (χ1n) is 6.78. The molecular weight excluding hydrogens is 284 g/mol. The normalized spacial score (nSPS) is 15.2. The zero-order valence-corrected chi connectivity index (χ0v) is 12.7. The predicted molar refractivity (Wildman–Crippen MR) is 86.1 cm³/mol. The number of carbonyl (C=O) groups excluding carboxylic acids is 1. The van der Waals surface area contributed by atoms with Crippen LogP contribution >= 0.6 is 11.6 Å². The van der Waals surface area contributed by atoms with Crippen LogP contribution < -0.4 is 11.5 Å². The van der Waals surface area contributed by atoms with Gasteiger partial charge in [-0.15, -0.1) is 0 Å². The molecule has 4 N–H and O–H groups in total. The van der Waals surface area contributed by atoms with E-state index in [0.29, 0.717) is 11.4 Å². The lowest BCUT2D eigenvalue weighted by molar-refractivity contribution is -0.120. The summed E-state index contributed by atoms with van der Waals surface area (Å²) in [6.45, 7) is 1.96. The van der Waals surface area contributed by atoms with Crippen LogP contribution in [0, 0.1) is 0 Å². The number of nitrogens with two attached hydrogens (primary N) is 2. The number of carbonyl (C=O) groups is 1. The van der Waals surface area contributed by atoms with Crippen molar-refractivity contribution >= 4 is 17.5 Å². The first-order valence-corrected chi connectivity index (χ1v) is 7.16. The SMILES string of the molecule is CC(Cc1ccccc1)(c1ccc(Cl)cc1)C(N)C(N)=O. The Morgan fingerprint density at radius 3 is 2.24 bits per heavy atom. The van der Waals surface area contributed by atoms with E-state index in [1.165, 1.54) is 0 Å². The van der Waals surface area contributed by atoms with Crippen LogP contribution in [0.15, 0.2) is 54.6 Å². The highest BCUT2D eigenvalue weighted by atomic mass is 35.5. The molecule has 2 aromatic carbocycles. The lowest BCUT2D eigenvalue weighted by atomic mass is 9.71. The van der Waals surface area contributed by atoms with Gasteiger partial charge in [-0.3, -0.25) is 4.79 Å². The summed E-state index contributed by atoms with van der Waals surface area (Å²) in [6.07, 6.45) is 0.625. The molecule has 0 bridgehead atoms. The summed E-state index contributed by atoms with van der Waals surface area (Å²) in [4.78, 5) is 11.6. The zero-order chi connectivity index (χ0) is 15.5. The van der Waals surface area contributed by atoms with Gasteiger partial charge in [0.25, 0.3) is 0 Å². The molecular formula is C17H19ClN2O. The van der Waals surface area contributed by atoms with Crippen molar-refractivity contribution in [3.05, 3.63) is 70.7 Å². The molecule has 0 spiro atoms. The number of hydrogen-bond acceptors (Lipinski definition) is 2. The van der Waals surface area contributed by atoms with Crippen LogP contribution in [0.3, 0.4) is 0 Å². The lowest BCUT2D eigenvalue weighted by Crippen LogP contribution is -2.52. The first-order chi connectivity index (χ1) is 9.93. The Hall–Kier alpha value is -1.84. The average Bonchev–Trinajstić information content (AvgIpc) is 2.47. The molecule has 2 rings (SSSR count). The van der Waals surface area contributed by atoms with E-state index in [4.69, 9.17) is 23.1 Å². The van der Waals surface area contributed by atoms with Gasteiger partial charge >= 0.3 is 0 Å². The van der Waals surface area contributed by atoms with Crippen molar-refractivity contribution in [2.75, 3.05) is 0 Å². The monoisotopic (exact) mass is 302 g/mol. The van der Waals surface area contributed by atoms with Crippen molar-refractivity contribution in [2.24, 2.45) is 11.5 Å². The minimum absolute atomic E-state index is 0.511. The van der Waals surface area contributed by atoms with Gasteiger partial charge in [-0.1, -0.05) is 61.0 Å². The summed E-state index contributed by atoms with van der Waals surface area (Å²) in [6, 6.07) is 16.5. The van der Waals surface area contributed by atoms with E-state index < -0.39 is 17.4 Å². The quantitative estimate of drug-likeness (QED) is 0.891. The molecule has 2 atom stereocenters. The standard InChI is InChI=1S/C17H19ClN2O/c1-17(15(19)16(20)21,11-12-5-3-2-4-6-12)13-7-9-14(18)10-8-13/h2-10,15H,11,19H2,1H3,(H2,20,21). The van der Waals surface area contributed by atoms with Crippen molar-refractivity contribution < 1.29 is 4.79 Å². The second-order valence-electron chi connectivity index (χ2n) is 5.47. The molecule has 0 fully saturated rings. The topological polar surface area (TPSA) is 69.1 Å². The van der Waals surface area contributed by atoms with Crippen LogP contribution in [-0.4, -0.2) is 11.9 Å². The molecule has 4 heteroatoms. The third-order valence-corrected chi connectivity index (χ3v) is 4.16. The van der Waals surface area contributed by atoms with Gasteiger partial charge in [0.05, 0.1) is 6.04 Å². The van der Waals surface area contributed by atoms with Crippen LogP contribution in [0.1, 0.15) is 18.1 Å². The molecule has 110 valence electrons. The van der Waals surface area contributed by atoms with Crippen molar-refractivity contribution in [2.45, 2.75) is 24.8 Å². The summed E-state index contributed by atoms with van der Waals surface area (Å²) in [5.74, 6) is -0.511. The van der Waals surface area contributed by atoms with Gasteiger partial charge < -0.3 is 11.5 Å². The first kappa shape index (κ1) is 15.5. The average molecular weight is 303 g/mol. The van der Waals surface area contributed by atoms with Crippen molar-refractivity contribution in [1.82, 2.24) is 0 Å². The largest absolute Gasteiger partial charge is 0.368 e. The van der Waals surface area contributed by atoms with Crippen LogP contribution in [0.4, 0.5) is 0 Å². The Morgan fingerprint density at radius 2 is 1.71 bits per heavy atom. The maximum absolute atomic E-state index is 11.6. The molecule has 3 nitrogen and oxygen atoms in total. The molecule has 0 radical (unpaired) electrons. The third kappa shape index (κ3) is 3.43. The fourth-order valence-electron chi connectivity index (χ4n) is 2.56. The number of rotatable bonds is 5. The van der Waals surface area contributed by atoms with Gasteiger partial charge in [0.1, 0.15) is 0 Å². The molecule has 0 saturated carbocycles. The van der Waals surface area contributed by atoms with Gasteiger partial charge in [0.15, 0.2) is 0 Å². The van der Waals surface area contributed by atoms with Gasteiger partial charge in [0.2, 0.25) is 5.91 Å². The third-order valence-electron chi connectivity index (χ3n) is 3.91. The Bertz CT molecular complexity index is 612. The smallest absolute Gasteiger partial charge is 0.235 e. The molecule has 2 aromatic rings. The Labute approximate surface area is 129 Å². The second kappa shape index (κ2) is 6.29. The summed E-state index contributed by atoms with van der Waals surface area (Å²) in [5.41, 5.74) is 13.0. The maximum Gasteiger partial charge on any atom is 0.235 e. The van der Waals surface area contributed by atoms with Crippen LogP contribution in [-0.2, 0) is 16.6 Å². The summed E-state index contributed by atoms with van der Waals surface area (Å²) in [7, 11) is 0. The molecule has 1 amide bonds. The molecule has 0 aliphatic carbocycles. The Kier molecular flexibility index (Phi) is 4.66. The van der Waals surface area contributed by atoms with Gasteiger partial charge in [-0.2, -0.15) is 0 Å². The molecule has 2 unspecified atom stereocenters. The summed E-state index contributed by atoms with van der Waals surface area (Å²) in [5, 5.41) is 0.647. The lowest BCUT2D eigenvalue weighted by Gasteiger charge is -2.34. The molecule has 0 aromatic heterocycles. The molecule has 21 heavy (non-hydrogen) atoms. The highest BCUT2D eigenvalue weighted by Gasteiger charge is 2.37. The molecule has 0 aliphatic rings. The highest BCUT2D eigenvalue weighted by molar-refractivity contribution is 6.30. The van der Waals surface area contributed by atoms with E-state index in [1.807, 2.05) is 49.4 Å². The van der Waals surface area contributed by atoms with E-state index in [-0.39, 0.29) is 0 Å².